The van der Waals surface area contributed by atoms with Crippen LogP contribution >= 0.6 is 0 Å². The Hall–Kier alpha value is -1.00. The minimum atomic E-state index is -0.796. The number of benzene rings is 1. The van der Waals surface area contributed by atoms with Gasteiger partial charge in [-0.2, -0.15) is 0 Å². The molecule has 1 saturated carbocycles. The van der Waals surface area contributed by atoms with E-state index in [0.29, 0.717) is 18.2 Å². The van der Waals surface area contributed by atoms with Gasteiger partial charge < -0.3 is 5.73 Å². The lowest BCUT2D eigenvalue weighted by Crippen LogP contribution is -2.39. The first-order valence-electron chi connectivity index (χ1n) is 7.51. The Morgan fingerprint density at radius 1 is 1.20 bits per heavy atom. The average molecular weight is 282 g/mol. The van der Waals surface area contributed by atoms with Gasteiger partial charge in [-0.15, -0.1) is 0 Å². The van der Waals surface area contributed by atoms with Gasteiger partial charge in [0, 0.05) is 24.2 Å². The summed E-state index contributed by atoms with van der Waals surface area (Å²) in [5.41, 5.74) is 6.21. The molecule has 1 atom stereocenters. The van der Waals surface area contributed by atoms with E-state index in [1.54, 1.807) is 12.1 Å². The molecular weight excluding hydrogens is 258 g/mol. The molecule has 1 aliphatic carbocycles. The van der Waals surface area contributed by atoms with Gasteiger partial charge in [0.2, 0.25) is 0 Å². The average Bonchev–Trinajstić information content (AvgIpc) is 2.73. The number of hydrogen-bond acceptors (Lipinski definition) is 2. The minimum absolute atomic E-state index is 0.256. The number of likely N-dealkylation sites (N-methyl/N-ethyl adjacent to an activating group) is 1. The second kappa shape index (κ2) is 7.14. The molecule has 112 valence electrons. The second-order valence-electron chi connectivity index (χ2n) is 5.71. The summed E-state index contributed by atoms with van der Waals surface area (Å²) in [4.78, 5) is 2.14. The lowest BCUT2D eigenvalue weighted by Gasteiger charge is -2.34. The number of halogens is 2. The molecular formula is C16H24F2N2. The monoisotopic (exact) mass is 282 g/mol. The fourth-order valence-electron chi connectivity index (χ4n) is 3.21. The first-order valence-corrected chi connectivity index (χ1v) is 7.51. The Morgan fingerprint density at radius 3 is 2.45 bits per heavy atom. The largest absolute Gasteiger partial charge is 0.329 e. The Labute approximate surface area is 120 Å². The molecule has 1 unspecified atom stereocenters. The number of nitrogens with two attached hydrogens (primary N) is 1. The van der Waals surface area contributed by atoms with Crippen LogP contribution in [0, 0.1) is 11.6 Å². The molecule has 4 heteroatoms. The zero-order valence-electron chi connectivity index (χ0n) is 12.1. The maximum Gasteiger partial charge on any atom is 0.163 e. The Bertz CT molecular complexity index is 428. The molecule has 0 saturated heterocycles. The van der Waals surface area contributed by atoms with Crippen LogP contribution in [-0.2, 0) is 0 Å². The van der Waals surface area contributed by atoms with Gasteiger partial charge in [-0.1, -0.05) is 37.8 Å². The fourth-order valence-corrected chi connectivity index (χ4v) is 3.21. The first kappa shape index (κ1) is 15.4. The summed E-state index contributed by atoms with van der Waals surface area (Å²) in [5.74, 6) is -1.56. The summed E-state index contributed by atoms with van der Waals surface area (Å²) in [5, 5.41) is 0. The van der Waals surface area contributed by atoms with E-state index in [9.17, 15) is 8.78 Å². The Kier molecular flexibility index (Phi) is 5.49. The van der Waals surface area contributed by atoms with Crippen LogP contribution in [0.3, 0.4) is 0 Å². The number of hydrogen-bond donors (Lipinski definition) is 1. The lowest BCUT2D eigenvalue weighted by atomic mass is 10.00. The third-order valence-corrected chi connectivity index (χ3v) is 4.46. The number of nitrogens with zero attached hydrogens (tertiary/aromatic N) is 1. The Balaban J connectivity index is 2.19. The summed E-state index contributed by atoms with van der Waals surface area (Å²) in [6.45, 7) is 0.299. The van der Waals surface area contributed by atoms with Gasteiger partial charge in [0.25, 0.3) is 0 Å². The fraction of sp³-hybridized carbons (Fsp3) is 0.625. The maximum absolute atomic E-state index is 14.0. The molecule has 1 fully saturated rings. The molecule has 20 heavy (non-hydrogen) atoms. The lowest BCUT2D eigenvalue weighted by molar-refractivity contribution is 0.158. The van der Waals surface area contributed by atoms with Crippen molar-refractivity contribution in [2.45, 2.75) is 50.6 Å². The topological polar surface area (TPSA) is 29.3 Å². The maximum atomic E-state index is 14.0. The highest BCUT2D eigenvalue weighted by Gasteiger charge is 2.26. The zero-order valence-corrected chi connectivity index (χ0v) is 12.1. The first-order chi connectivity index (χ1) is 9.65. The Morgan fingerprint density at radius 2 is 1.85 bits per heavy atom. The molecule has 1 aromatic carbocycles. The second-order valence-corrected chi connectivity index (χ2v) is 5.71. The predicted octanol–water partition coefficient (Wildman–Crippen LogP) is 3.62. The number of rotatable bonds is 4. The van der Waals surface area contributed by atoms with Crippen LogP contribution in [0.15, 0.2) is 18.2 Å². The highest BCUT2D eigenvalue weighted by molar-refractivity contribution is 5.23. The van der Waals surface area contributed by atoms with Crippen molar-refractivity contribution >= 4 is 0 Å². The van der Waals surface area contributed by atoms with Crippen molar-refractivity contribution in [3.05, 3.63) is 35.4 Å². The normalized spacial score (nSPS) is 19.1. The molecule has 0 aromatic heterocycles. The van der Waals surface area contributed by atoms with Crippen molar-refractivity contribution in [3.8, 4) is 0 Å². The molecule has 2 rings (SSSR count). The van der Waals surface area contributed by atoms with Crippen molar-refractivity contribution in [3.63, 3.8) is 0 Å². The summed E-state index contributed by atoms with van der Waals surface area (Å²) >= 11 is 0. The van der Waals surface area contributed by atoms with Crippen LogP contribution < -0.4 is 5.73 Å². The van der Waals surface area contributed by atoms with Crippen LogP contribution in [0.1, 0.15) is 50.1 Å². The van der Waals surface area contributed by atoms with Crippen molar-refractivity contribution in [2.75, 3.05) is 13.6 Å². The standard InChI is InChI=1S/C16H24F2N2/c1-20(12-7-4-2-3-5-8-12)15(11-19)13-9-6-10-14(17)16(13)18/h6,9-10,12,15H,2-5,7-8,11,19H2,1H3. The predicted molar refractivity (Wildman–Crippen MR) is 77.4 cm³/mol. The van der Waals surface area contributed by atoms with Crippen LogP contribution in [0.25, 0.3) is 0 Å². The zero-order chi connectivity index (χ0) is 14.5. The van der Waals surface area contributed by atoms with Crippen LogP contribution in [0.5, 0.6) is 0 Å². The van der Waals surface area contributed by atoms with Gasteiger partial charge in [-0.25, -0.2) is 8.78 Å². The van der Waals surface area contributed by atoms with Gasteiger partial charge in [-0.3, -0.25) is 4.90 Å². The summed E-state index contributed by atoms with van der Waals surface area (Å²) in [6.07, 6.45) is 7.18. The molecule has 0 bridgehead atoms. The SMILES string of the molecule is CN(C1CCCCCC1)C(CN)c1cccc(F)c1F. The highest BCUT2D eigenvalue weighted by atomic mass is 19.2. The third-order valence-electron chi connectivity index (χ3n) is 4.46. The van der Waals surface area contributed by atoms with E-state index in [-0.39, 0.29) is 6.04 Å². The van der Waals surface area contributed by atoms with Gasteiger partial charge in [0.1, 0.15) is 0 Å². The smallest absolute Gasteiger partial charge is 0.163 e. The molecule has 1 aliphatic rings. The molecule has 0 heterocycles. The molecule has 2 N–H and O–H groups in total. The van der Waals surface area contributed by atoms with Gasteiger partial charge in [0.15, 0.2) is 11.6 Å². The molecule has 0 aliphatic heterocycles. The molecule has 0 radical (unpaired) electrons. The van der Waals surface area contributed by atoms with Crippen molar-refractivity contribution in [1.82, 2.24) is 4.90 Å². The van der Waals surface area contributed by atoms with Gasteiger partial charge >= 0.3 is 0 Å². The van der Waals surface area contributed by atoms with Crippen molar-refractivity contribution < 1.29 is 8.78 Å². The van der Waals surface area contributed by atoms with E-state index in [0.717, 1.165) is 18.9 Å². The van der Waals surface area contributed by atoms with Gasteiger partial charge in [0.05, 0.1) is 0 Å². The van der Waals surface area contributed by atoms with Crippen molar-refractivity contribution in [1.29, 1.82) is 0 Å². The van der Waals surface area contributed by atoms with E-state index >= 15 is 0 Å². The quantitative estimate of drug-likeness (QED) is 0.855. The van der Waals surface area contributed by atoms with E-state index < -0.39 is 11.6 Å². The molecule has 0 spiro atoms. The van der Waals surface area contributed by atoms with Crippen LogP contribution in [0.4, 0.5) is 8.78 Å². The van der Waals surface area contributed by atoms with E-state index in [1.165, 1.54) is 25.7 Å². The van der Waals surface area contributed by atoms with E-state index in [4.69, 9.17) is 5.73 Å². The summed E-state index contributed by atoms with van der Waals surface area (Å²) in [6, 6.07) is 4.50. The molecule has 2 nitrogen and oxygen atoms in total. The van der Waals surface area contributed by atoms with Crippen LogP contribution in [-0.4, -0.2) is 24.5 Å². The van der Waals surface area contributed by atoms with Crippen molar-refractivity contribution in [2.24, 2.45) is 5.73 Å². The summed E-state index contributed by atoms with van der Waals surface area (Å²) in [7, 11) is 1.98. The molecule has 1 aromatic rings. The highest BCUT2D eigenvalue weighted by Crippen LogP contribution is 2.29. The third kappa shape index (κ3) is 3.36. The molecule has 0 amide bonds. The van der Waals surface area contributed by atoms with E-state index in [1.807, 2.05) is 7.05 Å². The van der Waals surface area contributed by atoms with E-state index in [2.05, 4.69) is 4.90 Å². The summed E-state index contributed by atoms with van der Waals surface area (Å²) < 4.78 is 27.4. The van der Waals surface area contributed by atoms with Crippen LogP contribution in [0.2, 0.25) is 0 Å². The minimum Gasteiger partial charge on any atom is -0.329 e. The van der Waals surface area contributed by atoms with Gasteiger partial charge in [-0.05, 0) is 26.0 Å².